The van der Waals surface area contributed by atoms with Crippen molar-refractivity contribution in [2.75, 3.05) is 146 Å². The Kier molecular flexibility index (Phi) is 29.5. The summed E-state index contributed by atoms with van der Waals surface area (Å²) in [6, 6.07) is 27.4. The van der Waals surface area contributed by atoms with Crippen molar-refractivity contribution in [2.24, 2.45) is 0 Å². The molecule has 0 saturated carbocycles. The van der Waals surface area contributed by atoms with Crippen LogP contribution in [0.3, 0.4) is 0 Å². The summed E-state index contributed by atoms with van der Waals surface area (Å²) in [7, 11) is 4.19. The molecule has 4 aromatic carbocycles. The van der Waals surface area contributed by atoms with Gasteiger partial charge in [0.2, 0.25) is 11.8 Å². The molecule has 6 aromatic rings. The minimum Gasteiger partial charge on any atom is -0.475 e. The zero-order valence-electron chi connectivity index (χ0n) is 49.0. The molecule has 4 amide bonds. The maximum atomic E-state index is 12.1. The molecule has 2 aliphatic heterocycles. The molecular weight excluding hydrogens is 1220 g/mol. The number of unbranched alkanes of at least 4 members (excludes halogenated alkanes) is 1. The molecule has 4 N–H and O–H groups in total. The molecule has 2 aromatic heterocycles. The minimum absolute atomic E-state index is 0. The third-order valence-electron chi connectivity index (χ3n) is 14.1. The minimum atomic E-state index is -0.281. The number of benzene rings is 4. The molecule has 0 spiro atoms. The smallest absolute Gasteiger partial charge is 0.314 e. The van der Waals surface area contributed by atoms with Gasteiger partial charge < -0.3 is 69.0 Å². The van der Waals surface area contributed by atoms with Crippen molar-refractivity contribution in [3.63, 3.8) is 0 Å². The average molecular weight is 1300 g/mol. The summed E-state index contributed by atoms with van der Waals surface area (Å²) in [5.41, 5.74) is 10.2. The number of hydrogen-bond donors (Lipinski definition) is 4. The lowest BCUT2D eigenvalue weighted by atomic mass is 9.84. The van der Waals surface area contributed by atoms with Crippen molar-refractivity contribution in [3.8, 4) is 34.3 Å². The van der Waals surface area contributed by atoms with Gasteiger partial charge in [-0.2, -0.15) is 0 Å². The van der Waals surface area contributed by atoms with Crippen LogP contribution in [0.25, 0.3) is 22.5 Å². The number of carbonyl (C=O) groups excluding carboxylic acids is 2. The van der Waals surface area contributed by atoms with Crippen molar-refractivity contribution >= 4 is 70.9 Å². The maximum Gasteiger partial charge on any atom is 0.314 e. The highest BCUT2D eigenvalue weighted by Crippen LogP contribution is 2.41. The quantitative estimate of drug-likeness (QED) is 0.0273. The largest absolute Gasteiger partial charge is 0.475 e. The lowest BCUT2D eigenvalue weighted by Gasteiger charge is -2.33. The molecule has 2 aliphatic rings. The lowest BCUT2D eigenvalue weighted by molar-refractivity contribution is 0.00982. The molecule has 25 heteroatoms. The molecule has 20 nitrogen and oxygen atoms in total. The van der Waals surface area contributed by atoms with E-state index in [0.29, 0.717) is 163 Å². The van der Waals surface area contributed by atoms with Gasteiger partial charge >= 0.3 is 12.1 Å². The Morgan fingerprint density at radius 3 is 1.24 bits per heavy atom. The van der Waals surface area contributed by atoms with Crippen molar-refractivity contribution in [3.05, 3.63) is 151 Å². The molecule has 0 fully saturated rings. The van der Waals surface area contributed by atoms with Gasteiger partial charge in [0.05, 0.1) is 90.7 Å². The van der Waals surface area contributed by atoms with Crippen LogP contribution < -0.4 is 30.7 Å². The van der Waals surface area contributed by atoms with Gasteiger partial charge in [0.15, 0.2) is 0 Å². The lowest BCUT2D eigenvalue weighted by Crippen LogP contribution is -2.39. The van der Waals surface area contributed by atoms with E-state index in [1.54, 1.807) is 0 Å². The van der Waals surface area contributed by atoms with Crippen LogP contribution in [0.4, 0.5) is 9.59 Å². The highest BCUT2D eigenvalue weighted by Gasteiger charge is 2.29. The third kappa shape index (κ3) is 22.7. The van der Waals surface area contributed by atoms with E-state index >= 15 is 0 Å². The molecule has 470 valence electrons. The molecule has 0 unspecified atom stereocenters. The summed E-state index contributed by atoms with van der Waals surface area (Å²) >= 11 is 26.1. The van der Waals surface area contributed by atoms with Gasteiger partial charge in [-0.05, 0) is 96.7 Å². The summed E-state index contributed by atoms with van der Waals surface area (Å²) in [5, 5.41) is 13.8. The van der Waals surface area contributed by atoms with Crippen LogP contribution in [0.5, 0.6) is 11.8 Å². The van der Waals surface area contributed by atoms with Crippen LogP contribution in [-0.4, -0.2) is 188 Å². The highest BCUT2D eigenvalue weighted by atomic mass is 35.5. The predicted octanol–water partition coefficient (Wildman–Crippen LogP) is 9.73. The summed E-state index contributed by atoms with van der Waals surface area (Å²) in [6.45, 7) is 10.1. The second-order valence-corrected chi connectivity index (χ2v) is 22.3. The van der Waals surface area contributed by atoms with E-state index < -0.39 is 0 Å². The number of fused-ring (bicyclic) bond motifs is 2. The summed E-state index contributed by atoms with van der Waals surface area (Å²) in [4.78, 5) is 46.4. The molecule has 4 heterocycles. The number of urea groups is 2. The molecule has 2 atom stereocenters. The van der Waals surface area contributed by atoms with Crippen LogP contribution in [-0.2, 0) is 41.5 Å². The number of carbonyl (C=O) groups is 2. The van der Waals surface area contributed by atoms with Gasteiger partial charge in [-0.1, -0.05) is 82.8 Å². The summed E-state index contributed by atoms with van der Waals surface area (Å²) in [6.07, 6.45) is 4.40. The number of likely N-dealkylation sites (N-methyl/N-ethyl adjacent to an activating group) is 2. The SMILES string of the molecule is CN1Cc2c(Cl)cc(Cl)cc2[C@H](c2cccc(-c3cc(OCCOCCOCCOCCNC(=O)NCCCCNC(=O)NCCOCCOCCOCCOc4cc(-c5cccc([C@@H]6CN(C)Cc7c(Cl)cc(Cl)cc76)c5)ncn4)ncn3)c2)C1.Cl. The number of ether oxygens (including phenoxy) is 8. The number of halogens is 5. The maximum absolute atomic E-state index is 12.1. The van der Waals surface area contributed by atoms with Gasteiger partial charge in [0, 0.05) is 108 Å². The Morgan fingerprint density at radius 1 is 0.471 bits per heavy atom. The molecule has 0 aliphatic carbocycles. The number of amides is 4. The molecule has 0 bridgehead atoms. The fraction of sp³-hybridized carbons (Fsp3) is 0.452. The Balaban J connectivity index is 0.0000108. The molecule has 0 saturated heterocycles. The summed E-state index contributed by atoms with van der Waals surface area (Å²) in [5.74, 6) is 1.14. The fourth-order valence-corrected chi connectivity index (χ4v) is 11.1. The molecule has 0 radical (unpaired) electrons. The first-order valence-electron chi connectivity index (χ1n) is 28.9. The first-order valence-corrected chi connectivity index (χ1v) is 30.4. The van der Waals surface area contributed by atoms with Gasteiger partial charge in [-0.15, -0.1) is 12.4 Å². The van der Waals surface area contributed by atoms with Gasteiger partial charge in [0.25, 0.3) is 0 Å². The van der Waals surface area contributed by atoms with E-state index in [1.807, 2.05) is 60.7 Å². The van der Waals surface area contributed by atoms with Crippen LogP contribution in [0.15, 0.2) is 97.6 Å². The topological polar surface area (TPSA) is 214 Å². The van der Waals surface area contributed by atoms with E-state index in [1.165, 1.54) is 12.7 Å². The molecule has 8 rings (SSSR count). The fourth-order valence-electron chi connectivity index (χ4n) is 9.99. The standard InChI is InChI=1S/C62H76Cl4N10O10.ClH/c1-75-37-51(49-31-47(63)33-55(65)53(49)39-75)43-7-5-9-45(29-43)57-35-59(73-41-71-57)85-27-25-83-23-21-81-19-17-79-15-13-69-61(77)67-11-3-4-12-68-62(78)70-14-16-80-18-20-82-22-24-84-26-28-86-60-36-58(72-42-74-60)46-10-6-8-44(30-46)52-38-76(2)40-54-50(52)32-48(64)34-56(54)66;/h5-10,29-36,41-42,51-52H,3-4,11-28,37-40H2,1-2H3,(H2,67,69,77)(H2,68,70,78);1H/t51-,52-;/m0./s1. The number of aromatic nitrogens is 4. The van der Waals surface area contributed by atoms with Crippen molar-refractivity contribution in [1.82, 2.24) is 51.0 Å². The first kappa shape index (κ1) is 68.8. The van der Waals surface area contributed by atoms with Crippen LogP contribution >= 0.6 is 58.8 Å². The predicted molar refractivity (Wildman–Crippen MR) is 339 cm³/mol. The Hall–Kier alpha value is -5.69. The Bertz CT molecular complexity index is 2900. The number of nitrogens with one attached hydrogen (secondary N) is 4. The van der Waals surface area contributed by atoms with E-state index in [-0.39, 0.29) is 36.3 Å². The van der Waals surface area contributed by atoms with E-state index in [9.17, 15) is 9.59 Å². The molecular formula is C62H77Cl5N10O10. The van der Waals surface area contributed by atoms with Crippen molar-refractivity contribution < 1.29 is 47.5 Å². The van der Waals surface area contributed by atoms with Crippen molar-refractivity contribution in [2.45, 2.75) is 37.8 Å². The van der Waals surface area contributed by atoms with Crippen molar-refractivity contribution in [1.29, 1.82) is 0 Å². The second kappa shape index (κ2) is 37.3. The highest BCUT2D eigenvalue weighted by molar-refractivity contribution is 6.35. The second-order valence-electron chi connectivity index (χ2n) is 20.6. The number of rotatable bonds is 35. The molecule has 87 heavy (non-hydrogen) atoms. The number of nitrogens with zero attached hydrogens (tertiary/aromatic N) is 6. The van der Waals surface area contributed by atoms with E-state index in [4.69, 9.17) is 84.3 Å². The average Bonchev–Trinajstić information content (AvgIpc) is 3.07. The zero-order chi connectivity index (χ0) is 60.3. The Labute approximate surface area is 535 Å². The monoisotopic (exact) mass is 1300 g/mol. The zero-order valence-corrected chi connectivity index (χ0v) is 52.9. The third-order valence-corrected chi connectivity index (χ3v) is 15.2. The first-order chi connectivity index (χ1) is 42.0. The normalized spacial score (nSPS) is 14.8. The Morgan fingerprint density at radius 2 is 0.839 bits per heavy atom. The van der Waals surface area contributed by atoms with Gasteiger partial charge in [-0.25, -0.2) is 29.5 Å². The van der Waals surface area contributed by atoms with Crippen LogP contribution in [0.2, 0.25) is 20.1 Å². The van der Waals surface area contributed by atoms with E-state index in [0.717, 1.165) is 82.1 Å². The van der Waals surface area contributed by atoms with Gasteiger partial charge in [-0.3, -0.25) is 0 Å². The van der Waals surface area contributed by atoms with E-state index in [2.05, 4.69) is 89.4 Å². The van der Waals surface area contributed by atoms with Crippen LogP contribution in [0, 0.1) is 0 Å². The van der Waals surface area contributed by atoms with Gasteiger partial charge in [0.1, 0.15) is 25.9 Å². The van der Waals surface area contributed by atoms with Crippen LogP contribution in [0.1, 0.15) is 58.1 Å². The number of hydrogen-bond acceptors (Lipinski definition) is 16. The summed E-state index contributed by atoms with van der Waals surface area (Å²) < 4.78 is 45.4.